The van der Waals surface area contributed by atoms with Gasteiger partial charge in [-0.1, -0.05) is 23.7 Å². The Hall–Kier alpha value is -2.73. The second-order valence-corrected chi connectivity index (χ2v) is 5.31. The molecular weight excluding hydrogens is 330 g/mol. The Labute approximate surface area is 144 Å². The standard InChI is InChI=1S/C17H16ClN3O3/c1-22-11-7-8-15(23-2)14(9-11)19-10-16-20-21-17(24-16)12-5-3-4-6-13(12)18/h3-9,19H,10H2,1-2H3. The molecule has 0 unspecified atom stereocenters. The number of benzene rings is 2. The largest absolute Gasteiger partial charge is 0.497 e. The molecule has 7 heteroatoms. The number of halogens is 1. The molecule has 0 atom stereocenters. The highest BCUT2D eigenvalue weighted by atomic mass is 35.5. The van der Waals surface area contributed by atoms with Crippen molar-refractivity contribution in [2.24, 2.45) is 0 Å². The summed E-state index contributed by atoms with van der Waals surface area (Å²) in [6.07, 6.45) is 0. The number of hydrogen-bond acceptors (Lipinski definition) is 6. The summed E-state index contributed by atoms with van der Waals surface area (Å²) in [5.41, 5.74) is 1.48. The molecule has 2 aromatic carbocycles. The van der Waals surface area contributed by atoms with Crippen LogP contribution in [0.25, 0.3) is 11.5 Å². The zero-order chi connectivity index (χ0) is 16.9. The van der Waals surface area contributed by atoms with Crippen molar-refractivity contribution in [3.63, 3.8) is 0 Å². The zero-order valence-electron chi connectivity index (χ0n) is 13.2. The van der Waals surface area contributed by atoms with Crippen LogP contribution in [-0.4, -0.2) is 24.4 Å². The molecule has 0 bridgehead atoms. The van der Waals surface area contributed by atoms with E-state index in [2.05, 4.69) is 15.5 Å². The van der Waals surface area contributed by atoms with Crippen molar-refractivity contribution in [3.05, 3.63) is 53.4 Å². The second-order valence-electron chi connectivity index (χ2n) is 4.90. The number of anilines is 1. The monoisotopic (exact) mass is 345 g/mol. The van der Waals surface area contributed by atoms with Crippen LogP contribution in [0.5, 0.6) is 11.5 Å². The third-order valence-electron chi connectivity index (χ3n) is 3.41. The predicted octanol–water partition coefficient (Wildman–Crippen LogP) is 4.02. The van der Waals surface area contributed by atoms with Gasteiger partial charge in [0.2, 0.25) is 11.8 Å². The Kier molecular flexibility index (Phi) is 4.86. The van der Waals surface area contributed by atoms with E-state index in [1.807, 2.05) is 36.4 Å². The van der Waals surface area contributed by atoms with Gasteiger partial charge in [0.05, 0.1) is 37.0 Å². The maximum absolute atomic E-state index is 6.14. The SMILES string of the molecule is COc1ccc(OC)c(NCc2nnc(-c3ccccc3Cl)o2)c1. The van der Waals surface area contributed by atoms with Crippen molar-refractivity contribution >= 4 is 17.3 Å². The maximum atomic E-state index is 6.14. The fourth-order valence-electron chi connectivity index (χ4n) is 2.19. The highest BCUT2D eigenvalue weighted by Crippen LogP contribution is 2.30. The fraction of sp³-hybridized carbons (Fsp3) is 0.176. The number of ether oxygens (including phenoxy) is 2. The van der Waals surface area contributed by atoms with Crippen molar-refractivity contribution < 1.29 is 13.9 Å². The van der Waals surface area contributed by atoms with Crippen LogP contribution < -0.4 is 14.8 Å². The van der Waals surface area contributed by atoms with Gasteiger partial charge in [-0.15, -0.1) is 10.2 Å². The van der Waals surface area contributed by atoms with Crippen LogP contribution in [0.3, 0.4) is 0 Å². The molecule has 3 rings (SSSR count). The molecule has 6 nitrogen and oxygen atoms in total. The Morgan fingerprint density at radius 1 is 1.08 bits per heavy atom. The van der Waals surface area contributed by atoms with Crippen LogP contribution in [0.15, 0.2) is 46.9 Å². The van der Waals surface area contributed by atoms with E-state index in [4.69, 9.17) is 25.5 Å². The van der Waals surface area contributed by atoms with Gasteiger partial charge in [0.15, 0.2) is 0 Å². The minimum Gasteiger partial charge on any atom is -0.497 e. The van der Waals surface area contributed by atoms with Gasteiger partial charge in [0.1, 0.15) is 11.5 Å². The lowest BCUT2D eigenvalue weighted by Gasteiger charge is -2.11. The van der Waals surface area contributed by atoms with Gasteiger partial charge in [-0.25, -0.2) is 0 Å². The third-order valence-corrected chi connectivity index (χ3v) is 3.74. The van der Waals surface area contributed by atoms with Gasteiger partial charge in [-0.2, -0.15) is 0 Å². The summed E-state index contributed by atoms with van der Waals surface area (Å²) in [6, 6.07) is 12.8. The fourth-order valence-corrected chi connectivity index (χ4v) is 2.41. The number of methoxy groups -OCH3 is 2. The van der Waals surface area contributed by atoms with E-state index in [0.29, 0.717) is 34.7 Å². The number of rotatable bonds is 6. The van der Waals surface area contributed by atoms with E-state index in [0.717, 1.165) is 11.4 Å². The number of aromatic nitrogens is 2. The summed E-state index contributed by atoms with van der Waals surface area (Å²) in [6.45, 7) is 0.348. The average Bonchev–Trinajstić information content (AvgIpc) is 3.08. The lowest BCUT2D eigenvalue weighted by Crippen LogP contribution is -2.02. The topological polar surface area (TPSA) is 69.4 Å². The van der Waals surface area contributed by atoms with Crippen molar-refractivity contribution in [3.8, 4) is 23.0 Å². The summed E-state index contributed by atoms with van der Waals surface area (Å²) >= 11 is 6.14. The molecule has 3 aromatic rings. The summed E-state index contributed by atoms with van der Waals surface area (Å²) in [4.78, 5) is 0. The van der Waals surface area contributed by atoms with Crippen molar-refractivity contribution in [1.82, 2.24) is 10.2 Å². The highest BCUT2D eigenvalue weighted by Gasteiger charge is 2.12. The van der Waals surface area contributed by atoms with Gasteiger partial charge < -0.3 is 19.2 Å². The molecule has 0 fully saturated rings. The van der Waals surface area contributed by atoms with E-state index in [9.17, 15) is 0 Å². The Morgan fingerprint density at radius 3 is 2.67 bits per heavy atom. The Balaban J connectivity index is 1.75. The molecular formula is C17H16ClN3O3. The number of hydrogen-bond donors (Lipinski definition) is 1. The molecule has 0 saturated heterocycles. The lowest BCUT2D eigenvalue weighted by molar-refractivity contribution is 0.404. The van der Waals surface area contributed by atoms with Gasteiger partial charge in [0.25, 0.3) is 0 Å². The summed E-state index contributed by atoms with van der Waals surface area (Å²) in [7, 11) is 3.22. The normalized spacial score (nSPS) is 10.5. The molecule has 0 spiro atoms. The smallest absolute Gasteiger partial charge is 0.249 e. The third kappa shape index (κ3) is 3.44. The van der Waals surface area contributed by atoms with Gasteiger partial charge >= 0.3 is 0 Å². The van der Waals surface area contributed by atoms with Crippen LogP contribution in [0.1, 0.15) is 5.89 Å². The molecule has 124 valence electrons. The van der Waals surface area contributed by atoms with Crippen LogP contribution in [0.2, 0.25) is 5.02 Å². The minimum absolute atomic E-state index is 0.348. The van der Waals surface area contributed by atoms with Crippen LogP contribution in [-0.2, 0) is 6.54 Å². The minimum atomic E-state index is 0.348. The van der Waals surface area contributed by atoms with E-state index in [-0.39, 0.29) is 0 Å². The van der Waals surface area contributed by atoms with Gasteiger partial charge in [-0.05, 0) is 24.3 Å². The maximum Gasteiger partial charge on any atom is 0.249 e. The molecule has 0 aliphatic heterocycles. The van der Waals surface area contributed by atoms with Gasteiger partial charge in [0, 0.05) is 6.07 Å². The molecule has 1 heterocycles. The summed E-state index contributed by atoms with van der Waals surface area (Å²) in [5, 5.41) is 11.8. The molecule has 0 aliphatic carbocycles. The van der Waals surface area contributed by atoms with E-state index < -0.39 is 0 Å². The summed E-state index contributed by atoms with van der Waals surface area (Å²) in [5.74, 6) is 2.24. The molecule has 0 aliphatic rings. The van der Waals surface area contributed by atoms with E-state index >= 15 is 0 Å². The molecule has 0 amide bonds. The quantitative estimate of drug-likeness (QED) is 0.727. The van der Waals surface area contributed by atoms with E-state index in [1.165, 1.54) is 0 Å². The second kappa shape index (κ2) is 7.23. The van der Waals surface area contributed by atoms with Crippen molar-refractivity contribution in [1.29, 1.82) is 0 Å². The number of nitrogens with one attached hydrogen (secondary N) is 1. The van der Waals surface area contributed by atoms with Crippen molar-refractivity contribution in [2.45, 2.75) is 6.54 Å². The first-order valence-electron chi connectivity index (χ1n) is 7.24. The summed E-state index contributed by atoms with van der Waals surface area (Å²) < 4.78 is 16.2. The van der Waals surface area contributed by atoms with Crippen LogP contribution in [0, 0.1) is 0 Å². The van der Waals surface area contributed by atoms with Crippen LogP contribution >= 0.6 is 11.6 Å². The Morgan fingerprint density at radius 2 is 1.92 bits per heavy atom. The number of nitrogens with zero attached hydrogens (tertiary/aromatic N) is 2. The molecule has 0 saturated carbocycles. The predicted molar refractivity (Wildman–Crippen MR) is 91.6 cm³/mol. The first kappa shape index (κ1) is 16.1. The molecule has 1 N–H and O–H groups in total. The van der Waals surface area contributed by atoms with Crippen LogP contribution in [0.4, 0.5) is 5.69 Å². The Bertz CT molecular complexity index is 835. The zero-order valence-corrected chi connectivity index (χ0v) is 14.0. The average molecular weight is 346 g/mol. The molecule has 24 heavy (non-hydrogen) atoms. The van der Waals surface area contributed by atoms with Crippen molar-refractivity contribution in [2.75, 3.05) is 19.5 Å². The first-order chi connectivity index (χ1) is 11.7. The first-order valence-corrected chi connectivity index (χ1v) is 7.62. The lowest BCUT2D eigenvalue weighted by atomic mass is 10.2. The molecule has 0 radical (unpaired) electrons. The van der Waals surface area contributed by atoms with E-state index in [1.54, 1.807) is 20.3 Å². The molecule has 1 aromatic heterocycles. The van der Waals surface area contributed by atoms with Gasteiger partial charge in [-0.3, -0.25) is 0 Å². The highest BCUT2D eigenvalue weighted by molar-refractivity contribution is 6.33.